The first-order chi connectivity index (χ1) is 5.49. The van der Waals surface area contributed by atoms with E-state index in [1.54, 1.807) is 0 Å². The highest BCUT2D eigenvalue weighted by molar-refractivity contribution is 7.80. The van der Waals surface area contributed by atoms with Gasteiger partial charge in [0.1, 0.15) is 0 Å². The van der Waals surface area contributed by atoms with Crippen LogP contribution in [0, 0.1) is 5.41 Å². The Hall–Kier alpha value is -0.310. The van der Waals surface area contributed by atoms with E-state index in [0.29, 0.717) is 16.6 Å². The Morgan fingerprint density at radius 3 is 2.75 bits per heavy atom. The van der Waals surface area contributed by atoms with Gasteiger partial charge in [0.15, 0.2) is 5.11 Å². The highest BCUT2D eigenvalue weighted by Gasteiger charge is 2.27. The zero-order chi connectivity index (χ0) is 9.19. The third-order valence-electron chi connectivity index (χ3n) is 2.55. The van der Waals surface area contributed by atoms with E-state index in [1.807, 2.05) is 0 Å². The predicted molar refractivity (Wildman–Crippen MR) is 56.0 cm³/mol. The van der Waals surface area contributed by atoms with Crippen LogP contribution < -0.4 is 11.1 Å². The molecule has 0 aromatic rings. The summed E-state index contributed by atoms with van der Waals surface area (Å²) in [7, 11) is 0. The van der Waals surface area contributed by atoms with Gasteiger partial charge in [0.05, 0.1) is 0 Å². The molecule has 12 heavy (non-hydrogen) atoms. The average molecular weight is 186 g/mol. The Balaban J connectivity index is 2.41. The molecule has 3 heteroatoms. The Kier molecular flexibility index (Phi) is 2.94. The van der Waals surface area contributed by atoms with E-state index in [2.05, 4.69) is 19.2 Å². The topological polar surface area (TPSA) is 38.0 Å². The Morgan fingerprint density at radius 2 is 2.25 bits per heavy atom. The molecule has 0 spiro atoms. The van der Waals surface area contributed by atoms with Gasteiger partial charge >= 0.3 is 0 Å². The standard InChI is InChI=1S/C9H18N2S/c1-9(2)5-3-4-7(6-9)11-8(10)12/h7H,3-6H2,1-2H3,(H3,10,11,12). The van der Waals surface area contributed by atoms with E-state index < -0.39 is 0 Å². The maximum Gasteiger partial charge on any atom is 0.163 e. The van der Waals surface area contributed by atoms with Gasteiger partial charge in [0.2, 0.25) is 0 Å². The summed E-state index contributed by atoms with van der Waals surface area (Å²) in [5, 5.41) is 3.59. The molecule has 1 saturated carbocycles. The van der Waals surface area contributed by atoms with Crippen molar-refractivity contribution in [3.8, 4) is 0 Å². The van der Waals surface area contributed by atoms with Gasteiger partial charge in [-0.1, -0.05) is 20.3 Å². The maximum atomic E-state index is 5.43. The van der Waals surface area contributed by atoms with Crippen LogP contribution in [0.5, 0.6) is 0 Å². The average Bonchev–Trinajstić information content (AvgIpc) is 1.82. The number of hydrogen-bond donors (Lipinski definition) is 2. The molecule has 0 aromatic carbocycles. The van der Waals surface area contributed by atoms with Gasteiger partial charge < -0.3 is 11.1 Å². The van der Waals surface area contributed by atoms with Gasteiger partial charge in [-0.15, -0.1) is 0 Å². The van der Waals surface area contributed by atoms with Crippen molar-refractivity contribution in [2.24, 2.45) is 11.1 Å². The van der Waals surface area contributed by atoms with Crippen LogP contribution in [0.2, 0.25) is 0 Å². The largest absolute Gasteiger partial charge is 0.376 e. The van der Waals surface area contributed by atoms with Crippen LogP contribution in [0.3, 0.4) is 0 Å². The Labute approximate surface area is 79.9 Å². The van der Waals surface area contributed by atoms with Crippen molar-refractivity contribution in [2.45, 2.75) is 45.6 Å². The normalized spacial score (nSPS) is 28.0. The molecule has 0 amide bonds. The van der Waals surface area contributed by atoms with Crippen molar-refractivity contribution in [2.75, 3.05) is 0 Å². The molecule has 1 aliphatic carbocycles. The number of thiocarbonyl (C=S) groups is 1. The van der Waals surface area contributed by atoms with Crippen molar-refractivity contribution < 1.29 is 0 Å². The van der Waals surface area contributed by atoms with Crippen LogP contribution in [0.4, 0.5) is 0 Å². The first-order valence-electron chi connectivity index (χ1n) is 4.56. The maximum absolute atomic E-state index is 5.43. The first-order valence-corrected chi connectivity index (χ1v) is 4.96. The van der Waals surface area contributed by atoms with Crippen molar-refractivity contribution >= 4 is 17.3 Å². The number of nitrogens with one attached hydrogen (secondary N) is 1. The fourth-order valence-electron chi connectivity index (χ4n) is 2.02. The second-order valence-electron chi connectivity index (χ2n) is 4.47. The fraction of sp³-hybridized carbons (Fsp3) is 0.889. The number of hydrogen-bond acceptors (Lipinski definition) is 1. The van der Waals surface area contributed by atoms with Crippen molar-refractivity contribution in [3.05, 3.63) is 0 Å². The van der Waals surface area contributed by atoms with Crippen molar-refractivity contribution in [1.82, 2.24) is 5.32 Å². The lowest BCUT2D eigenvalue weighted by molar-refractivity contribution is 0.211. The molecule has 1 fully saturated rings. The molecule has 0 bridgehead atoms. The van der Waals surface area contributed by atoms with Crippen LogP contribution in [-0.4, -0.2) is 11.2 Å². The van der Waals surface area contributed by atoms with Gasteiger partial charge in [-0.25, -0.2) is 0 Å². The summed E-state index contributed by atoms with van der Waals surface area (Å²) in [5.41, 5.74) is 5.89. The highest BCUT2D eigenvalue weighted by Crippen LogP contribution is 2.34. The third kappa shape index (κ3) is 2.97. The molecule has 2 nitrogen and oxygen atoms in total. The molecule has 1 unspecified atom stereocenters. The molecule has 1 atom stereocenters. The van der Waals surface area contributed by atoms with E-state index in [-0.39, 0.29) is 0 Å². The molecule has 0 radical (unpaired) electrons. The van der Waals surface area contributed by atoms with Gasteiger partial charge in [-0.05, 0) is 36.9 Å². The first kappa shape index (κ1) is 9.78. The SMILES string of the molecule is CC1(C)CCCC(NC(N)=S)C1. The van der Waals surface area contributed by atoms with Crippen molar-refractivity contribution in [1.29, 1.82) is 0 Å². The Morgan fingerprint density at radius 1 is 1.58 bits per heavy atom. The zero-order valence-corrected chi connectivity index (χ0v) is 8.71. The van der Waals surface area contributed by atoms with Gasteiger partial charge in [-0.3, -0.25) is 0 Å². The van der Waals surface area contributed by atoms with E-state index in [4.69, 9.17) is 18.0 Å². The van der Waals surface area contributed by atoms with E-state index >= 15 is 0 Å². The van der Waals surface area contributed by atoms with E-state index in [9.17, 15) is 0 Å². The summed E-state index contributed by atoms with van der Waals surface area (Å²) >= 11 is 4.82. The summed E-state index contributed by atoms with van der Waals surface area (Å²) in [6.45, 7) is 4.61. The van der Waals surface area contributed by atoms with Crippen LogP contribution in [0.1, 0.15) is 39.5 Å². The number of nitrogens with two attached hydrogens (primary N) is 1. The second-order valence-corrected chi connectivity index (χ2v) is 4.91. The summed E-state index contributed by atoms with van der Waals surface area (Å²) in [5.74, 6) is 0. The van der Waals surface area contributed by atoms with Crippen molar-refractivity contribution in [3.63, 3.8) is 0 Å². The minimum absolute atomic E-state index is 0.442. The molecule has 0 heterocycles. The molecule has 1 aliphatic rings. The lowest BCUT2D eigenvalue weighted by Crippen LogP contribution is -2.42. The van der Waals surface area contributed by atoms with Gasteiger partial charge in [-0.2, -0.15) is 0 Å². The quantitative estimate of drug-likeness (QED) is 0.613. The third-order valence-corrected chi connectivity index (χ3v) is 2.67. The van der Waals surface area contributed by atoms with E-state index in [1.165, 1.54) is 25.7 Å². The zero-order valence-electron chi connectivity index (χ0n) is 7.89. The lowest BCUT2D eigenvalue weighted by atomic mass is 9.75. The molecule has 0 saturated heterocycles. The predicted octanol–water partition coefficient (Wildman–Crippen LogP) is 1.79. The number of rotatable bonds is 1. The van der Waals surface area contributed by atoms with E-state index in [0.717, 1.165) is 0 Å². The molecular formula is C9H18N2S. The van der Waals surface area contributed by atoms with Gasteiger partial charge in [0.25, 0.3) is 0 Å². The minimum atomic E-state index is 0.442. The second kappa shape index (κ2) is 3.60. The van der Waals surface area contributed by atoms with Crippen LogP contribution in [0.15, 0.2) is 0 Å². The summed E-state index contributed by atoms with van der Waals surface area (Å²) in [6.07, 6.45) is 5.00. The molecule has 70 valence electrons. The summed E-state index contributed by atoms with van der Waals surface area (Å²) < 4.78 is 0. The summed E-state index contributed by atoms with van der Waals surface area (Å²) in [6, 6.07) is 0.506. The lowest BCUT2D eigenvalue weighted by Gasteiger charge is -2.35. The smallest absolute Gasteiger partial charge is 0.163 e. The van der Waals surface area contributed by atoms with Gasteiger partial charge in [0, 0.05) is 6.04 Å². The molecular weight excluding hydrogens is 168 g/mol. The molecule has 3 N–H and O–H groups in total. The van der Waals surface area contributed by atoms with Crippen LogP contribution >= 0.6 is 12.2 Å². The molecule has 0 aliphatic heterocycles. The van der Waals surface area contributed by atoms with Crippen LogP contribution in [0.25, 0.3) is 0 Å². The highest BCUT2D eigenvalue weighted by atomic mass is 32.1. The molecule has 0 aromatic heterocycles. The minimum Gasteiger partial charge on any atom is -0.376 e. The molecule has 1 rings (SSSR count). The Bertz CT molecular complexity index is 177. The fourth-order valence-corrected chi connectivity index (χ4v) is 2.19. The summed E-state index contributed by atoms with van der Waals surface area (Å²) in [4.78, 5) is 0. The monoisotopic (exact) mass is 186 g/mol. The van der Waals surface area contributed by atoms with Crippen LogP contribution in [-0.2, 0) is 0 Å².